The minimum absolute atomic E-state index is 0.207. The summed E-state index contributed by atoms with van der Waals surface area (Å²) in [4.78, 5) is 16.5. The highest BCUT2D eigenvalue weighted by molar-refractivity contribution is 7.89. The second kappa shape index (κ2) is 6.13. The van der Waals surface area contributed by atoms with Gasteiger partial charge in [0, 0.05) is 32.1 Å². The number of para-hydroxylation sites is 1. The Morgan fingerprint density at radius 2 is 1.78 bits per heavy atom. The van der Waals surface area contributed by atoms with Crippen molar-refractivity contribution in [3.05, 3.63) is 24.3 Å². The maximum absolute atomic E-state index is 12.3. The minimum atomic E-state index is -3.49. The van der Waals surface area contributed by atoms with Crippen molar-refractivity contribution in [2.45, 2.75) is 18.2 Å². The fourth-order valence-corrected chi connectivity index (χ4v) is 4.07. The van der Waals surface area contributed by atoms with E-state index >= 15 is 0 Å². The number of carbonyl (C=O) groups is 1. The Morgan fingerprint density at radius 1 is 1.17 bits per heavy atom. The van der Waals surface area contributed by atoms with E-state index in [9.17, 15) is 13.2 Å². The Hall–Kier alpha value is -1.60. The third-order valence-electron chi connectivity index (χ3n) is 4.78. The molecule has 1 saturated heterocycles. The molecule has 23 heavy (non-hydrogen) atoms. The van der Waals surface area contributed by atoms with Crippen molar-refractivity contribution in [3.63, 3.8) is 0 Å². The van der Waals surface area contributed by atoms with Crippen molar-refractivity contribution < 1.29 is 13.2 Å². The number of hydrogen-bond acceptors (Lipinski definition) is 4. The van der Waals surface area contributed by atoms with Crippen molar-refractivity contribution in [2.24, 2.45) is 11.8 Å². The number of rotatable bonds is 4. The van der Waals surface area contributed by atoms with Gasteiger partial charge < -0.3 is 9.80 Å². The van der Waals surface area contributed by atoms with Gasteiger partial charge in [-0.15, -0.1) is 0 Å². The monoisotopic (exact) mass is 337 g/mol. The van der Waals surface area contributed by atoms with Crippen molar-refractivity contribution in [2.75, 3.05) is 38.1 Å². The third kappa shape index (κ3) is 3.21. The highest BCUT2D eigenvalue weighted by atomic mass is 32.2. The zero-order chi connectivity index (χ0) is 16.6. The predicted octanol–water partition coefficient (Wildman–Crippen LogP) is 0.899. The van der Waals surface area contributed by atoms with E-state index in [1.54, 1.807) is 12.1 Å². The van der Waals surface area contributed by atoms with Gasteiger partial charge >= 0.3 is 0 Å². The van der Waals surface area contributed by atoms with E-state index in [2.05, 4.69) is 11.6 Å². The van der Waals surface area contributed by atoms with Crippen molar-refractivity contribution in [3.8, 4) is 0 Å². The van der Waals surface area contributed by atoms with Gasteiger partial charge in [0.05, 0.1) is 5.69 Å². The molecule has 2 atom stereocenters. The van der Waals surface area contributed by atoms with E-state index in [1.165, 1.54) is 7.05 Å². The van der Waals surface area contributed by atoms with Crippen molar-refractivity contribution in [1.82, 2.24) is 9.62 Å². The Labute approximate surface area is 137 Å². The lowest BCUT2D eigenvalue weighted by Crippen LogP contribution is -2.49. The van der Waals surface area contributed by atoms with Crippen LogP contribution in [0, 0.1) is 11.8 Å². The van der Waals surface area contributed by atoms with Gasteiger partial charge in [0.25, 0.3) is 0 Å². The molecule has 1 aliphatic heterocycles. The Kier molecular flexibility index (Phi) is 4.33. The fourth-order valence-electron chi connectivity index (χ4n) is 3.12. The van der Waals surface area contributed by atoms with Gasteiger partial charge in [0.1, 0.15) is 4.90 Å². The highest BCUT2D eigenvalue weighted by Crippen LogP contribution is 2.39. The summed E-state index contributed by atoms with van der Waals surface area (Å²) in [6, 6.07) is 7.00. The van der Waals surface area contributed by atoms with Crippen LogP contribution in [0.5, 0.6) is 0 Å². The van der Waals surface area contributed by atoms with Crippen LogP contribution in [0.1, 0.15) is 13.3 Å². The SMILES string of the molecule is CNS(=O)(=O)c1ccccc1N1CCN(C(=O)[C@@H]2C[C@@H]2C)CC1. The quantitative estimate of drug-likeness (QED) is 0.886. The van der Waals surface area contributed by atoms with Crippen LogP contribution in [-0.4, -0.2) is 52.5 Å². The van der Waals surface area contributed by atoms with Gasteiger partial charge in [0.2, 0.25) is 15.9 Å². The first kappa shape index (κ1) is 16.3. The van der Waals surface area contributed by atoms with Crippen LogP contribution < -0.4 is 9.62 Å². The summed E-state index contributed by atoms with van der Waals surface area (Å²) in [6.07, 6.45) is 1.00. The van der Waals surface area contributed by atoms with Crippen LogP contribution in [0.3, 0.4) is 0 Å². The molecule has 0 bridgehead atoms. The molecule has 126 valence electrons. The zero-order valence-corrected chi connectivity index (χ0v) is 14.3. The number of nitrogens with zero attached hydrogens (tertiary/aromatic N) is 2. The molecule has 0 spiro atoms. The second-order valence-corrected chi connectivity index (χ2v) is 8.16. The fraction of sp³-hybridized carbons (Fsp3) is 0.562. The molecule has 0 unspecified atom stereocenters. The number of sulfonamides is 1. The van der Waals surface area contributed by atoms with Gasteiger partial charge in [-0.2, -0.15) is 0 Å². The van der Waals surface area contributed by atoms with Crippen molar-refractivity contribution >= 4 is 21.6 Å². The van der Waals surface area contributed by atoms with Crippen LogP contribution >= 0.6 is 0 Å². The van der Waals surface area contributed by atoms with Gasteiger partial charge in [-0.25, -0.2) is 13.1 Å². The normalized spacial score (nSPS) is 24.6. The molecule has 6 nitrogen and oxygen atoms in total. The van der Waals surface area contributed by atoms with Gasteiger partial charge in [-0.1, -0.05) is 19.1 Å². The van der Waals surface area contributed by atoms with Gasteiger partial charge in [0.15, 0.2) is 0 Å². The number of hydrogen-bond donors (Lipinski definition) is 1. The maximum atomic E-state index is 12.3. The number of piperazine rings is 1. The molecule has 1 heterocycles. The maximum Gasteiger partial charge on any atom is 0.242 e. The molecule has 1 aromatic rings. The lowest BCUT2D eigenvalue weighted by Gasteiger charge is -2.37. The molecule has 2 aliphatic rings. The topological polar surface area (TPSA) is 69.7 Å². The molecule has 7 heteroatoms. The molecular weight excluding hydrogens is 314 g/mol. The molecule has 2 fully saturated rings. The molecule has 1 amide bonds. The molecular formula is C16H23N3O3S. The van der Waals surface area contributed by atoms with Crippen molar-refractivity contribution in [1.29, 1.82) is 0 Å². The van der Waals surface area contributed by atoms with E-state index in [0.29, 0.717) is 37.8 Å². The van der Waals surface area contributed by atoms with Crippen LogP contribution in [-0.2, 0) is 14.8 Å². The largest absolute Gasteiger partial charge is 0.367 e. The first-order valence-corrected chi connectivity index (χ1v) is 9.48. The molecule has 1 aromatic carbocycles. The first-order chi connectivity index (χ1) is 10.9. The number of anilines is 1. The average Bonchev–Trinajstić information content (AvgIpc) is 3.31. The van der Waals surface area contributed by atoms with Crippen LogP contribution in [0.25, 0.3) is 0 Å². The number of nitrogens with one attached hydrogen (secondary N) is 1. The molecule has 1 aliphatic carbocycles. The molecule has 1 saturated carbocycles. The van der Waals surface area contributed by atoms with E-state index < -0.39 is 10.0 Å². The summed E-state index contributed by atoms with van der Waals surface area (Å²) in [5.41, 5.74) is 0.703. The van der Waals surface area contributed by atoms with Gasteiger partial charge in [-0.05, 0) is 31.5 Å². The van der Waals surface area contributed by atoms with Crippen LogP contribution in [0.2, 0.25) is 0 Å². The van der Waals surface area contributed by atoms with E-state index in [-0.39, 0.29) is 16.7 Å². The third-order valence-corrected chi connectivity index (χ3v) is 6.24. The summed E-state index contributed by atoms with van der Waals surface area (Å²) in [6.45, 7) is 4.72. The second-order valence-electron chi connectivity index (χ2n) is 6.31. The van der Waals surface area contributed by atoms with Crippen LogP contribution in [0.4, 0.5) is 5.69 Å². The summed E-state index contributed by atoms with van der Waals surface area (Å²) < 4.78 is 26.7. The summed E-state index contributed by atoms with van der Waals surface area (Å²) >= 11 is 0. The van der Waals surface area contributed by atoms with E-state index in [1.807, 2.05) is 21.9 Å². The standard InChI is InChI=1S/C16H23N3O3S/c1-12-11-13(12)16(20)19-9-7-18(8-10-19)14-5-3-4-6-15(14)23(21,22)17-2/h3-6,12-13,17H,7-11H2,1-2H3/t12-,13+/m0/s1. The molecule has 1 N–H and O–H groups in total. The smallest absolute Gasteiger partial charge is 0.242 e. The first-order valence-electron chi connectivity index (χ1n) is 8.00. The number of carbonyl (C=O) groups excluding carboxylic acids is 1. The Bertz CT molecular complexity index is 696. The van der Waals surface area contributed by atoms with Crippen LogP contribution in [0.15, 0.2) is 29.2 Å². The number of benzene rings is 1. The lowest BCUT2D eigenvalue weighted by molar-refractivity contribution is -0.133. The van der Waals surface area contributed by atoms with E-state index in [4.69, 9.17) is 0 Å². The van der Waals surface area contributed by atoms with E-state index in [0.717, 1.165) is 6.42 Å². The minimum Gasteiger partial charge on any atom is -0.367 e. The lowest BCUT2D eigenvalue weighted by atomic mass is 10.2. The summed E-state index contributed by atoms with van der Waals surface area (Å²) in [5, 5.41) is 0. The molecule has 0 radical (unpaired) electrons. The Morgan fingerprint density at radius 3 is 2.35 bits per heavy atom. The zero-order valence-electron chi connectivity index (χ0n) is 13.5. The number of amides is 1. The molecule has 0 aromatic heterocycles. The summed E-state index contributed by atoms with van der Waals surface area (Å²) in [5.74, 6) is 0.980. The summed E-state index contributed by atoms with van der Waals surface area (Å²) in [7, 11) is -2.07. The predicted molar refractivity (Wildman–Crippen MR) is 88.8 cm³/mol. The highest BCUT2D eigenvalue weighted by Gasteiger charge is 2.42. The van der Waals surface area contributed by atoms with Gasteiger partial charge in [-0.3, -0.25) is 4.79 Å². The molecule has 3 rings (SSSR count). The Balaban J connectivity index is 1.72. The average molecular weight is 337 g/mol.